The van der Waals surface area contributed by atoms with Crippen molar-refractivity contribution in [2.45, 2.75) is 25.5 Å². The largest absolute Gasteiger partial charge is 0.368 e. The minimum Gasteiger partial charge on any atom is -0.368 e. The number of benzene rings is 1. The number of carbonyl (C=O) groups excluding carboxylic acids is 2. The minimum atomic E-state index is -0.287. The van der Waals surface area contributed by atoms with E-state index in [4.69, 9.17) is 4.74 Å². The van der Waals surface area contributed by atoms with Gasteiger partial charge in [0.25, 0.3) is 5.91 Å². The zero-order valence-electron chi connectivity index (χ0n) is 15.8. The highest BCUT2D eigenvalue weighted by Crippen LogP contribution is 2.16. The van der Waals surface area contributed by atoms with Crippen molar-refractivity contribution >= 4 is 11.9 Å². The van der Waals surface area contributed by atoms with Gasteiger partial charge in [0.1, 0.15) is 6.10 Å². The van der Waals surface area contributed by atoms with Gasteiger partial charge >= 0.3 is 6.03 Å². The van der Waals surface area contributed by atoms with Crippen LogP contribution in [0.2, 0.25) is 0 Å². The Labute approximate surface area is 164 Å². The summed E-state index contributed by atoms with van der Waals surface area (Å²) >= 11 is 0. The molecule has 8 nitrogen and oxygen atoms in total. The number of nitrogens with zero attached hydrogens (tertiary/aromatic N) is 4. The Morgan fingerprint density at radius 2 is 1.86 bits per heavy atom. The summed E-state index contributed by atoms with van der Waals surface area (Å²) in [6.45, 7) is 3.34. The van der Waals surface area contributed by atoms with Crippen LogP contribution in [-0.4, -0.2) is 70.4 Å². The first-order valence-electron chi connectivity index (χ1n) is 9.73. The maximum absolute atomic E-state index is 12.4. The standard InChI is InChI=1S/C20H25N5O3/c26-19(18-3-1-14-28-18)23-10-12-24(13-11-23)20(27)21-15-16-4-6-17(7-5-16)25-9-2-8-22-25/h2,4-9,18H,1,3,10-15H2,(H,21,27). The molecule has 1 aromatic carbocycles. The number of urea groups is 1. The van der Waals surface area contributed by atoms with E-state index in [1.54, 1.807) is 15.8 Å². The first kappa shape index (κ1) is 18.5. The van der Waals surface area contributed by atoms with Crippen LogP contribution in [0.15, 0.2) is 42.7 Å². The summed E-state index contributed by atoms with van der Waals surface area (Å²) < 4.78 is 7.26. The van der Waals surface area contributed by atoms with E-state index in [0.717, 1.165) is 24.1 Å². The third-order valence-corrected chi connectivity index (χ3v) is 5.23. The minimum absolute atomic E-state index is 0.0647. The van der Waals surface area contributed by atoms with Crippen molar-refractivity contribution < 1.29 is 14.3 Å². The Kier molecular flexibility index (Phi) is 5.57. The molecule has 0 bridgehead atoms. The molecule has 3 heterocycles. The second-order valence-corrected chi connectivity index (χ2v) is 7.09. The number of piperazine rings is 1. The lowest BCUT2D eigenvalue weighted by molar-refractivity contribution is -0.142. The molecule has 0 spiro atoms. The Balaban J connectivity index is 1.23. The Bertz CT molecular complexity index is 792. The highest BCUT2D eigenvalue weighted by atomic mass is 16.5. The second-order valence-electron chi connectivity index (χ2n) is 7.09. The van der Waals surface area contributed by atoms with Crippen molar-refractivity contribution in [1.82, 2.24) is 24.9 Å². The van der Waals surface area contributed by atoms with Gasteiger partial charge in [0.15, 0.2) is 0 Å². The van der Waals surface area contributed by atoms with Gasteiger partial charge in [-0.15, -0.1) is 0 Å². The third kappa shape index (κ3) is 4.17. The number of nitrogens with one attached hydrogen (secondary N) is 1. The van der Waals surface area contributed by atoms with E-state index in [0.29, 0.717) is 39.3 Å². The van der Waals surface area contributed by atoms with E-state index in [1.165, 1.54) is 0 Å². The molecule has 4 rings (SSSR count). The summed E-state index contributed by atoms with van der Waals surface area (Å²) in [5.74, 6) is 0.0647. The summed E-state index contributed by atoms with van der Waals surface area (Å²) in [4.78, 5) is 28.4. The van der Waals surface area contributed by atoms with E-state index in [-0.39, 0.29) is 18.0 Å². The van der Waals surface area contributed by atoms with Crippen LogP contribution in [0.5, 0.6) is 0 Å². The summed E-state index contributed by atoms with van der Waals surface area (Å²) in [7, 11) is 0. The molecule has 148 valence electrons. The van der Waals surface area contributed by atoms with Gasteiger partial charge < -0.3 is 19.9 Å². The van der Waals surface area contributed by atoms with Crippen molar-refractivity contribution in [3.8, 4) is 5.69 Å². The average Bonchev–Trinajstić information content (AvgIpc) is 3.46. The van der Waals surface area contributed by atoms with Gasteiger partial charge in [0, 0.05) is 51.7 Å². The van der Waals surface area contributed by atoms with Crippen LogP contribution < -0.4 is 5.32 Å². The number of hydrogen-bond donors (Lipinski definition) is 1. The molecule has 1 unspecified atom stereocenters. The van der Waals surface area contributed by atoms with Crippen LogP contribution in [0.4, 0.5) is 4.79 Å². The van der Waals surface area contributed by atoms with Gasteiger partial charge in [-0.2, -0.15) is 5.10 Å². The van der Waals surface area contributed by atoms with Crippen LogP contribution in [0.1, 0.15) is 18.4 Å². The zero-order chi connectivity index (χ0) is 19.3. The number of ether oxygens (including phenoxy) is 1. The maximum atomic E-state index is 12.4. The normalized spacial score (nSPS) is 19.6. The summed E-state index contributed by atoms with van der Waals surface area (Å²) in [5.41, 5.74) is 2.00. The zero-order valence-corrected chi connectivity index (χ0v) is 15.8. The highest BCUT2D eigenvalue weighted by molar-refractivity contribution is 5.81. The number of aromatic nitrogens is 2. The number of amides is 3. The van der Waals surface area contributed by atoms with Gasteiger partial charge in [-0.25, -0.2) is 9.48 Å². The molecular weight excluding hydrogens is 358 g/mol. The summed E-state index contributed by atoms with van der Waals surface area (Å²) in [6.07, 6.45) is 5.09. The van der Waals surface area contributed by atoms with E-state index >= 15 is 0 Å². The Morgan fingerprint density at radius 1 is 1.11 bits per heavy atom. The fourth-order valence-corrected chi connectivity index (χ4v) is 3.58. The van der Waals surface area contributed by atoms with Crippen molar-refractivity contribution in [2.24, 2.45) is 0 Å². The lowest BCUT2D eigenvalue weighted by atomic mass is 10.2. The fraction of sp³-hybridized carbons (Fsp3) is 0.450. The van der Waals surface area contributed by atoms with Crippen LogP contribution in [0.25, 0.3) is 5.69 Å². The summed E-state index contributed by atoms with van der Waals surface area (Å²) in [5, 5.41) is 7.16. The first-order valence-corrected chi connectivity index (χ1v) is 9.73. The van der Waals surface area contributed by atoms with E-state index in [2.05, 4.69) is 10.4 Å². The Hall–Kier alpha value is -2.87. The lowest BCUT2D eigenvalue weighted by Gasteiger charge is -2.35. The lowest BCUT2D eigenvalue weighted by Crippen LogP contribution is -2.54. The molecule has 8 heteroatoms. The molecule has 2 saturated heterocycles. The monoisotopic (exact) mass is 383 g/mol. The van der Waals surface area contributed by atoms with Crippen LogP contribution in [0.3, 0.4) is 0 Å². The molecule has 3 amide bonds. The quantitative estimate of drug-likeness (QED) is 0.866. The van der Waals surface area contributed by atoms with Crippen LogP contribution in [0, 0.1) is 0 Å². The SMILES string of the molecule is O=C(NCc1ccc(-n2cccn2)cc1)N1CCN(C(=O)C2CCCO2)CC1. The molecule has 1 N–H and O–H groups in total. The van der Waals surface area contributed by atoms with Crippen molar-refractivity contribution in [3.05, 3.63) is 48.3 Å². The molecular formula is C20H25N5O3. The average molecular weight is 383 g/mol. The molecule has 0 radical (unpaired) electrons. The number of rotatable bonds is 4. The molecule has 2 aliphatic heterocycles. The van der Waals surface area contributed by atoms with Crippen molar-refractivity contribution in [2.75, 3.05) is 32.8 Å². The van der Waals surface area contributed by atoms with Gasteiger partial charge in [0.2, 0.25) is 0 Å². The summed E-state index contributed by atoms with van der Waals surface area (Å²) in [6, 6.07) is 9.70. The fourth-order valence-electron chi connectivity index (χ4n) is 3.58. The molecule has 2 aromatic rings. The molecule has 1 aromatic heterocycles. The van der Waals surface area contributed by atoms with E-state index in [9.17, 15) is 9.59 Å². The smallest absolute Gasteiger partial charge is 0.317 e. The number of carbonyl (C=O) groups is 2. The molecule has 0 saturated carbocycles. The molecule has 1 atom stereocenters. The molecule has 28 heavy (non-hydrogen) atoms. The molecule has 2 fully saturated rings. The van der Waals surface area contributed by atoms with Gasteiger partial charge in [-0.3, -0.25) is 4.79 Å². The van der Waals surface area contributed by atoms with Crippen molar-refractivity contribution in [3.63, 3.8) is 0 Å². The van der Waals surface area contributed by atoms with Gasteiger partial charge in [0.05, 0.1) is 5.69 Å². The first-order chi connectivity index (χ1) is 13.7. The maximum Gasteiger partial charge on any atom is 0.317 e. The molecule has 2 aliphatic rings. The number of hydrogen-bond acceptors (Lipinski definition) is 4. The van der Waals surface area contributed by atoms with Gasteiger partial charge in [-0.1, -0.05) is 12.1 Å². The predicted molar refractivity (Wildman–Crippen MR) is 103 cm³/mol. The molecule has 0 aliphatic carbocycles. The van der Waals surface area contributed by atoms with Crippen LogP contribution in [-0.2, 0) is 16.1 Å². The van der Waals surface area contributed by atoms with Crippen LogP contribution >= 0.6 is 0 Å². The third-order valence-electron chi connectivity index (χ3n) is 5.23. The Morgan fingerprint density at radius 3 is 2.50 bits per heavy atom. The van der Waals surface area contributed by atoms with Gasteiger partial charge in [-0.05, 0) is 36.6 Å². The van der Waals surface area contributed by atoms with Crippen molar-refractivity contribution in [1.29, 1.82) is 0 Å². The van der Waals surface area contributed by atoms with E-state index < -0.39 is 0 Å². The predicted octanol–water partition coefficient (Wildman–Crippen LogP) is 1.41. The topological polar surface area (TPSA) is 79.7 Å². The highest BCUT2D eigenvalue weighted by Gasteiger charge is 2.31. The van der Waals surface area contributed by atoms with E-state index in [1.807, 2.05) is 41.4 Å². The second kappa shape index (κ2) is 8.43.